The second kappa shape index (κ2) is 10.1. The van der Waals surface area contributed by atoms with Crippen molar-refractivity contribution < 1.29 is 27.4 Å². The summed E-state index contributed by atoms with van der Waals surface area (Å²) in [4.78, 5) is 21.0. The van der Waals surface area contributed by atoms with Crippen LogP contribution in [0.2, 0.25) is 0 Å². The third kappa shape index (κ3) is 6.17. The summed E-state index contributed by atoms with van der Waals surface area (Å²) >= 11 is 1.31. The molecule has 5 rings (SSSR count). The maximum absolute atomic E-state index is 13.0. The van der Waals surface area contributed by atoms with Crippen molar-refractivity contribution in [2.24, 2.45) is 17.8 Å². The van der Waals surface area contributed by atoms with Crippen LogP contribution >= 0.6 is 11.3 Å². The summed E-state index contributed by atoms with van der Waals surface area (Å²) in [6.07, 6.45) is -5.35. The fraction of sp³-hybridized carbons (Fsp3) is 0.385. The highest BCUT2D eigenvalue weighted by molar-refractivity contribution is 7.07. The van der Waals surface area contributed by atoms with E-state index in [1.807, 2.05) is 0 Å². The predicted molar refractivity (Wildman–Crippen MR) is 129 cm³/mol. The molecule has 6 nitrogen and oxygen atoms in total. The van der Waals surface area contributed by atoms with Crippen LogP contribution < -0.4 is 9.47 Å². The van der Waals surface area contributed by atoms with Crippen LogP contribution in [0.1, 0.15) is 16.7 Å². The van der Waals surface area contributed by atoms with Crippen LogP contribution in [0.25, 0.3) is 0 Å². The molecule has 0 radical (unpaired) electrons. The van der Waals surface area contributed by atoms with Crippen molar-refractivity contribution in [1.29, 1.82) is 0 Å². The van der Waals surface area contributed by atoms with E-state index in [1.54, 1.807) is 21.9 Å². The van der Waals surface area contributed by atoms with Crippen LogP contribution in [-0.2, 0) is 13.1 Å². The van der Waals surface area contributed by atoms with E-state index in [-0.39, 0.29) is 18.2 Å². The minimum atomic E-state index is -4.78. The van der Waals surface area contributed by atoms with E-state index in [4.69, 9.17) is 4.74 Å². The Kier molecular flexibility index (Phi) is 6.90. The largest absolute Gasteiger partial charge is 0.573 e. The summed E-state index contributed by atoms with van der Waals surface area (Å²) in [6.45, 7) is 5.49. The first-order chi connectivity index (χ1) is 17.2. The fourth-order valence-electron chi connectivity index (χ4n) is 5.01. The highest BCUT2D eigenvalue weighted by Crippen LogP contribution is 2.52. The van der Waals surface area contributed by atoms with Crippen LogP contribution in [0.4, 0.5) is 18.0 Å². The number of ether oxygens (including phenoxy) is 2. The highest BCUT2D eigenvalue weighted by Gasteiger charge is 2.56. The Labute approximate surface area is 211 Å². The Balaban J connectivity index is 1.22. The van der Waals surface area contributed by atoms with Crippen molar-refractivity contribution in [3.05, 3.63) is 76.1 Å². The van der Waals surface area contributed by atoms with Gasteiger partial charge in [0.2, 0.25) is 5.88 Å². The van der Waals surface area contributed by atoms with E-state index < -0.39 is 12.5 Å². The van der Waals surface area contributed by atoms with Gasteiger partial charge in [0.25, 0.3) is 0 Å². The lowest BCUT2D eigenvalue weighted by Gasteiger charge is -2.25. The van der Waals surface area contributed by atoms with Crippen molar-refractivity contribution in [2.45, 2.75) is 26.4 Å². The fourth-order valence-corrected chi connectivity index (χ4v) is 5.46. The molecule has 1 aliphatic heterocycles. The number of aryl methyl sites for hydroxylation is 1. The monoisotopic (exact) mass is 517 g/mol. The summed E-state index contributed by atoms with van der Waals surface area (Å²) < 4.78 is 47.4. The molecular formula is C26H26F3N3O3S. The molecule has 0 N–H and O–H groups in total. The van der Waals surface area contributed by atoms with Crippen LogP contribution in [-0.4, -0.2) is 46.9 Å². The van der Waals surface area contributed by atoms with Crippen LogP contribution in [0, 0.1) is 24.7 Å². The van der Waals surface area contributed by atoms with Crippen LogP contribution in [0.15, 0.2) is 59.4 Å². The summed E-state index contributed by atoms with van der Waals surface area (Å²) in [6, 6.07) is 14.2. The number of fused-ring (bicyclic) bond motifs is 1. The molecule has 3 aromatic rings. The molecule has 1 aromatic heterocycles. The van der Waals surface area contributed by atoms with Crippen molar-refractivity contribution in [3.63, 3.8) is 0 Å². The minimum Gasteiger partial charge on any atom is -0.406 e. The van der Waals surface area contributed by atoms with E-state index in [0.29, 0.717) is 29.9 Å². The number of rotatable bonds is 8. The molecule has 1 saturated carbocycles. The number of piperidine rings is 1. The number of carbonyl (C=O) groups is 1. The van der Waals surface area contributed by atoms with Gasteiger partial charge in [0.05, 0.1) is 10.9 Å². The van der Waals surface area contributed by atoms with E-state index in [9.17, 15) is 18.0 Å². The smallest absolute Gasteiger partial charge is 0.406 e. The van der Waals surface area contributed by atoms with Gasteiger partial charge in [0, 0.05) is 32.7 Å². The zero-order valence-electron chi connectivity index (χ0n) is 19.6. The second-order valence-corrected chi connectivity index (χ2v) is 10.2. The van der Waals surface area contributed by atoms with Crippen LogP contribution in [0.3, 0.4) is 0 Å². The Bertz CT molecular complexity index is 1180. The lowest BCUT2D eigenvalue weighted by molar-refractivity contribution is -0.274. The number of aromatic nitrogens is 1. The first-order valence-corrected chi connectivity index (χ1v) is 12.7. The Hall–Kier alpha value is -3.11. The predicted octanol–water partition coefficient (Wildman–Crippen LogP) is 5.73. The third-order valence-electron chi connectivity index (χ3n) is 6.77. The summed E-state index contributed by atoms with van der Waals surface area (Å²) in [5, 5.41) is 1.63. The topological polar surface area (TPSA) is 54.9 Å². The van der Waals surface area contributed by atoms with Crippen molar-refractivity contribution in [3.8, 4) is 11.6 Å². The van der Waals surface area contributed by atoms with Gasteiger partial charge in [-0.25, -0.2) is 9.78 Å². The van der Waals surface area contributed by atoms with Crippen molar-refractivity contribution in [1.82, 2.24) is 14.8 Å². The molecule has 1 amide bonds. The molecule has 1 aliphatic carbocycles. The lowest BCUT2D eigenvalue weighted by atomic mass is 10.1. The number of hydrogen-bond donors (Lipinski definition) is 0. The molecular weight excluding hydrogens is 491 g/mol. The molecule has 0 bridgehead atoms. The molecule has 2 heterocycles. The zero-order valence-corrected chi connectivity index (χ0v) is 20.5. The van der Waals surface area contributed by atoms with Gasteiger partial charge in [0.15, 0.2) is 0 Å². The number of thiazole rings is 1. The SMILES string of the molecule is Cc1ccc(CN2CC3C(C2)C3CN(Cc2cccc(OC(F)(F)F)c2)C(=O)Oc2cscn2)cc1. The third-order valence-corrected chi connectivity index (χ3v) is 7.34. The quantitative estimate of drug-likeness (QED) is 0.382. The maximum Gasteiger partial charge on any atom is 0.573 e. The molecule has 36 heavy (non-hydrogen) atoms. The van der Waals surface area contributed by atoms with Gasteiger partial charge in [0.1, 0.15) is 5.75 Å². The van der Waals surface area contributed by atoms with Crippen molar-refractivity contribution in [2.75, 3.05) is 19.6 Å². The summed E-state index contributed by atoms with van der Waals surface area (Å²) in [5.74, 6) is 1.21. The number of benzene rings is 2. The number of nitrogens with zero attached hydrogens (tertiary/aromatic N) is 3. The molecule has 2 fully saturated rings. The van der Waals surface area contributed by atoms with E-state index in [2.05, 4.69) is 45.8 Å². The molecule has 1 saturated heterocycles. The van der Waals surface area contributed by atoms with Gasteiger partial charge in [-0.1, -0.05) is 42.0 Å². The van der Waals surface area contributed by atoms with Gasteiger partial charge in [-0.2, -0.15) is 0 Å². The average Bonchev–Trinajstić information content (AvgIpc) is 3.18. The van der Waals surface area contributed by atoms with E-state index in [0.717, 1.165) is 19.6 Å². The molecule has 0 spiro atoms. The highest BCUT2D eigenvalue weighted by atomic mass is 32.1. The average molecular weight is 518 g/mol. The maximum atomic E-state index is 13.0. The minimum absolute atomic E-state index is 0.112. The molecule has 190 valence electrons. The number of amides is 1. The molecule has 2 aliphatic rings. The molecule has 10 heteroatoms. The van der Waals surface area contributed by atoms with Crippen molar-refractivity contribution >= 4 is 17.4 Å². The summed E-state index contributed by atoms with van der Waals surface area (Å²) in [7, 11) is 0. The number of halogens is 3. The zero-order chi connectivity index (χ0) is 25.3. The van der Waals surface area contributed by atoms with Gasteiger partial charge in [-0.05, 0) is 47.9 Å². The number of carbonyl (C=O) groups excluding carboxylic acids is 1. The number of alkyl halides is 3. The first-order valence-electron chi connectivity index (χ1n) is 11.7. The van der Waals surface area contributed by atoms with Gasteiger partial charge < -0.3 is 14.4 Å². The normalized spacial score (nSPS) is 21.2. The number of likely N-dealkylation sites (tertiary alicyclic amines) is 1. The Morgan fingerprint density at radius 3 is 2.56 bits per heavy atom. The Morgan fingerprint density at radius 1 is 1.14 bits per heavy atom. The van der Waals surface area contributed by atoms with Gasteiger partial charge in [-0.3, -0.25) is 4.90 Å². The molecule has 2 unspecified atom stereocenters. The van der Waals surface area contributed by atoms with E-state index >= 15 is 0 Å². The number of hydrogen-bond acceptors (Lipinski definition) is 6. The standard InChI is InChI=1S/C26H26F3N3O3S/c1-17-5-7-18(8-6-17)10-31-12-21-22(13-31)23(21)14-32(25(33)34-24-15-36-16-30-24)11-19-3-2-4-20(9-19)35-26(27,28)29/h2-9,15-16,21-23H,10-14H2,1H3. The Morgan fingerprint density at radius 2 is 1.89 bits per heavy atom. The lowest BCUT2D eigenvalue weighted by Crippen LogP contribution is -2.36. The van der Waals surface area contributed by atoms with E-state index in [1.165, 1.54) is 40.7 Å². The van der Waals surface area contributed by atoms with Crippen LogP contribution in [0.5, 0.6) is 11.6 Å². The summed E-state index contributed by atoms with van der Waals surface area (Å²) in [5.41, 5.74) is 4.62. The first kappa shape index (κ1) is 24.6. The molecule has 2 atom stereocenters. The van der Waals surface area contributed by atoms with Gasteiger partial charge in [-0.15, -0.1) is 24.5 Å². The second-order valence-electron chi connectivity index (χ2n) is 9.44. The molecule has 2 aromatic carbocycles. The van der Waals surface area contributed by atoms with Gasteiger partial charge >= 0.3 is 12.5 Å².